The van der Waals surface area contributed by atoms with Crippen LogP contribution in [0, 0.1) is 0 Å². The molecule has 0 bridgehead atoms. The van der Waals surface area contributed by atoms with Crippen molar-refractivity contribution in [3.8, 4) is 0 Å². The SMILES string of the molecule is CCCCCC(CC)O[Si](C)(C)O[Si](C)(C)O[Si](C)(C)C. The third-order valence-corrected chi connectivity index (χ3v) is 12.3. The van der Waals surface area contributed by atoms with Crippen LogP contribution in [0.1, 0.15) is 46.0 Å². The van der Waals surface area contributed by atoms with Gasteiger partial charge in [-0.05, 0) is 58.7 Å². The Morgan fingerprint density at radius 1 is 0.762 bits per heavy atom. The van der Waals surface area contributed by atoms with Gasteiger partial charge in [0.1, 0.15) is 0 Å². The van der Waals surface area contributed by atoms with Crippen LogP contribution in [0.2, 0.25) is 45.8 Å². The van der Waals surface area contributed by atoms with Gasteiger partial charge in [-0.3, -0.25) is 0 Å². The summed E-state index contributed by atoms with van der Waals surface area (Å²) in [5.41, 5.74) is 0. The number of unbranched alkanes of at least 4 members (excludes halogenated alkanes) is 2. The van der Waals surface area contributed by atoms with Gasteiger partial charge in [-0.1, -0.05) is 33.1 Å². The molecule has 0 aliphatic rings. The molecule has 21 heavy (non-hydrogen) atoms. The van der Waals surface area contributed by atoms with E-state index in [0.717, 1.165) is 12.8 Å². The summed E-state index contributed by atoms with van der Waals surface area (Å²) in [6.45, 7) is 19.8. The van der Waals surface area contributed by atoms with Crippen LogP contribution in [0.3, 0.4) is 0 Å². The molecule has 0 spiro atoms. The summed E-state index contributed by atoms with van der Waals surface area (Å²) in [7, 11) is -5.78. The first-order valence-electron chi connectivity index (χ1n) is 8.49. The van der Waals surface area contributed by atoms with E-state index in [4.69, 9.17) is 12.7 Å². The highest BCUT2D eigenvalue weighted by Crippen LogP contribution is 2.23. The van der Waals surface area contributed by atoms with Crippen molar-refractivity contribution < 1.29 is 12.7 Å². The summed E-state index contributed by atoms with van der Waals surface area (Å²) in [5.74, 6) is 0. The van der Waals surface area contributed by atoms with Gasteiger partial charge in [-0.15, -0.1) is 0 Å². The largest absolute Gasteiger partial charge is 0.437 e. The number of hydrogen-bond acceptors (Lipinski definition) is 3. The molecule has 0 aromatic heterocycles. The smallest absolute Gasteiger partial charge is 0.323 e. The fourth-order valence-corrected chi connectivity index (χ4v) is 15.2. The fraction of sp³-hybridized carbons (Fsp3) is 1.00. The standard InChI is InChI=1S/C15H38O3Si3/c1-10-12-13-14-15(11-2)16-20(6,7)18-21(8,9)17-19(3,4)5/h15H,10-14H2,1-9H3. The van der Waals surface area contributed by atoms with E-state index in [-0.39, 0.29) is 0 Å². The summed E-state index contributed by atoms with van der Waals surface area (Å²) in [6.07, 6.45) is 6.38. The van der Waals surface area contributed by atoms with Gasteiger partial charge in [-0.25, -0.2) is 0 Å². The van der Waals surface area contributed by atoms with Crippen molar-refractivity contribution in [2.75, 3.05) is 0 Å². The fourth-order valence-electron chi connectivity index (χ4n) is 2.74. The van der Waals surface area contributed by atoms with Crippen LogP contribution in [0.5, 0.6) is 0 Å². The number of rotatable bonds is 11. The molecular formula is C15H38O3Si3. The second-order valence-corrected chi connectivity index (χ2v) is 19.5. The van der Waals surface area contributed by atoms with Crippen molar-refractivity contribution in [1.29, 1.82) is 0 Å². The normalized spacial score (nSPS) is 15.3. The van der Waals surface area contributed by atoms with Crippen molar-refractivity contribution in [1.82, 2.24) is 0 Å². The van der Waals surface area contributed by atoms with Gasteiger partial charge < -0.3 is 12.7 Å². The maximum atomic E-state index is 6.41. The van der Waals surface area contributed by atoms with Gasteiger partial charge in [0.2, 0.25) is 0 Å². The van der Waals surface area contributed by atoms with Crippen LogP contribution >= 0.6 is 0 Å². The monoisotopic (exact) mass is 350 g/mol. The zero-order chi connectivity index (χ0) is 16.7. The second kappa shape index (κ2) is 8.98. The summed E-state index contributed by atoms with van der Waals surface area (Å²) in [6, 6.07) is 0. The van der Waals surface area contributed by atoms with E-state index < -0.39 is 25.4 Å². The quantitative estimate of drug-likeness (QED) is 0.357. The molecule has 0 saturated carbocycles. The Bertz CT molecular complexity index is 288. The minimum Gasteiger partial charge on any atom is -0.437 e. The average Bonchev–Trinajstić information content (AvgIpc) is 2.22. The molecule has 128 valence electrons. The summed E-state index contributed by atoms with van der Waals surface area (Å²) in [4.78, 5) is 0. The zero-order valence-electron chi connectivity index (χ0n) is 15.8. The first-order valence-corrected chi connectivity index (χ1v) is 17.5. The highest BCUT2D eigenvalue weighted by molar-refractivity contribution is 6.85. The van der Waals surface area contributed by atoms with Gasteiger partial charge in [0, 0.05) is 6.10 Å². The van der Waals surface area contributed by atoms with Crippen LogP contribution in [0.25, 0.3) is 0 Å². The Balaban J connectivity index is 4.51. The molecule has 1 unspecified atom stereocenters. The molecule has 0 saturated heterocycles. The Labute approximate surface area is 136 Å². The maximum absolute atomic E-state index is 6.41. The van der Waals surface area contributed by atoms with Crippen LogP contribution in [0.15, 0.2) is 0 Å². The second-order valence-electron chi connectivity index (χ2n) is 7.76. The van der Waals surface area contributed by atoms with E-state index in [1.165, 1.54) is 19.3 Å². The maximum Gasteiger partial charge on any atom is 0.323 e. The van der Waals surface area contributed by atoms with Crippen LogP contribution in [0.4, 0.5) is 0 Å². The van der Waals surface area contributed by atoms with Crippen LogP contribution in [-0.2, 0) is 12.7 Å². The van der Waals surface area contributed by atoms with E-state index in [9.17, 15) is 0 Å². The predicted octanol–water partition coefficient (Wildman–Crippen LogP) is 5.63. The molecule has 0 amide bonds. The molecule has 0 heterocycles. The number of hydrogen-bond donors (Lipinski definition) is 0. The van der Waals surface area contributed by atoms with E-state index in [0.29, 0.717) is 6.10 Å². The molecule has 0 fully saturated rings. The van der Waals surface area contributed by atoms with Crippen molar-refractivity contribution in [3.63, 3.8) is 0 Å². The summed E-state index contributed by atoms with van der Waals surface area (Å²) < 4.78 is 19.1. The minimum absolute atomic E-state index is 0.342. The topological polar surface area (TPSA) is 27.7 Å². The van der Waals surface area contributed by atoms with Crippen LogP contribution < -0.4 is 0 Å². The molecule has 0 N–H and O–H groups in total. The van der Waals surface area contributed by atoms with Crippen LogP contribution in [-0.4, -0.2) is 31.5 Å². The van der Waals surface area contributed by atoms with Crippen molar-refractivity contribution >= 4 is 25.4 Å². The van der Waals surface area contributed by atoms with Gasteiger partial charge >= 0.3 is 17.1 Å². The van der Waals surface area contributed by atoms with Gasteiger partial charge in [0.15, 0.2) is 8.32 Å². The summed E-state index contributed by atoms with van der Waals surface area (Å²) in [5, 5.41) is 0. The Hall–Kier alpha value is 0.531. The Morgan fingerprint density at radius 3 is 1.76 bits per heavy atom. The van der Waals surface area contributed by atoms with Gasteiger partial charge in [0.25, 0.3) is 0 Å². The lowest BCUT2D eigenvalue weighted by atomic mass is 10.1. The lowest BCUT2D eigenvalue weighted by molar-refractivity contribution is 0.135. The molecule has 0 aliphatic heterocycles. The van der Waals surface area contributed by atoms with Crippen molar-refractivity contribution in [2.45, 2.75) is 97.9 Å². The molecule has 0 aromatic rings. The first kappa shape index (κ1) is 21.5. The molecule has 0 radical (unpaired) electrons. The van der Waals surface area contributed by atoms with Crippen molar-refractivity contribution in [3.05, 3.63) is 0 Å². The molecule has 0 aliphatic carbocycles. The molecule has 0 rings (SSSR count). The lowest BCUT2D eigenvalue weighted by Crippen LogP contribution is -2.53. The van der Waals surface area contributed by atoms with Gasteiger partial charge in [0.05, 0.1) is 0 Å². The van der Waals surface area contributed by atoms with E-state index in [1.54, 1.807) is 0 Å². The molecule has 6 heteroatoms. The Morgan fingerprint density at radius 2 is 1.33 bits per heavy atom. The molecular weight excluding hydrogens is 312 g/mol. The lowest BCUT2D eigenvalue weighted by Gasteiger charge is -2.38. The minimum atomic E-state index is -2.12. The average molecular weight is 351 g/mol. The first-order chi connectivity index (χ1) is 9.41. The van der Waals surface area contributed by atoms with Crippen molar-refractivity contribution in [2.24, 2.45) is 0 Å². The van der Waals surface area contributed by atoms with Gasteiger partial charge in [-0.2, -0.15) is 0 Å². The van der Waals surface area contributed by atoms with E-state index in [1.807, 2.05) is 0 Å². The molecule has 3 nitrogen and oxygen atoms in total. The molecule has 0 aromatic carbocycles. The summed E-state index contributed by atoms with van der Waals surface area (Å²) >= 11 is 0. The highest BCUT2D eigenvalue weighted by Gasteiger charge is 2.40. The zero-order valence-corrected chi connectivity index (χ0v) is 18.8. The third kappa shape index (κ3) is 11.7. The van der Waals surface area contributed by atoms with E-state index >= 15 is 0 Å². The molecule has 1 atom stereocenters. The third-order valence-electron chi connectivity index (χ3n) is 3.08. The van der Waals surface area contributed by atoms with E-state index in [2.05, 4.69) is 59.7 Å². The highest BCUT2D eigenvalue weighted by atomic mass is 28.5. The predicted molar refractivity (Wildman–Crippen MR) is 99.8 cm³/mol. The Kier molecular flexibility index (Phi) is 9.21.